The minimum Gasteiger partial charge on any atom is -0.497 e. The molecule has 2 atom stereocenters. The third kappa shape index (κ3) is 3.89. The molecule has 0 aliphatic carbocycles. The van der Waals surface area contributed by atoms with Crippen molar-refractivity contribution < 1.29 is 14.6 Å². The molecule has 4 nitrogen and oxygen atoms in total. The first-order chi connectivity index (χ1) is 10.5. The normalized spacial score (nSPS) is 22.5. The summed E-state index contributed by atoms with van der Waals surface area (Å²) in [4.78, 5) is 14.4. The average molecular weight is 303 g/mol. The fourth-order valence-corrected chi connectivity index (χ4v) is 2.84. The number of hydrogen-bond acceptors (Lipinski definition) is 3. The van der Waals surface area contributed by atoms with Crippen LogP contribution in [0, 0.1) is 5.92 Å². The SMILES string of the molecule is COc1ccc(/C(C)=C/C(=O)N2CC(CO)CCC2C)cc1. The van der Waals surface area contributed by atoms with Crippen LogP contribution in [0.15, 0.2) is 30.3 Å². The van der Waals surface area contributed by atoms with Crippen molar-refractivity contribution in [1.29, 1.82) is 0 Å². The van der Waals surface area contributed by atoms with E-state index < -0.39 is 0 Å². The zero-order valence-corrected chi connectivity index (χ0v) is 13.6. The first kappa shape index (κ1) is 16.6. The lowest BCUT2D eigenvalue weighted by Gasteiger charge is -2.37. The third-order valence-corrected chi connectivity index (χ3v) is 4.41. The van der Waals surface area contributed by atoms with Gasteiger partial charge in [-0.25, -0.2) is 0 Å². The summed E-state index contributed by atoms with van der Waals surface area (Å²) in [6.45, 7) is 4.81. The van der Waals surface area contributed by atoms with Crippen LogP contribution in [0.4, 0.5) is 0 Å². The Morgan fingerprint density at radius 2 is 2.05 bits per heavy atom. The second kappa shape index (κ2) is 7.45. The Morgan fingerprint density at radius 3 is 2.64 bits per heavy atom. The molecule has 1 aromatic rings. The van der Waals surface area contributed by atoms with Gasteiger partial charge in [0.25, 0.3) is 0 Å². The number of hydrogen-bond donors (Lipinski definition) is 1. The molecule has 1 aliphatic rings. The highest BCUT2D eigenvalue weighted by molar-refractivity contribution is 5.95. The number of piperidine rings is 1. The maximum Gasteiger partial charge on any atom is 0.247 e. The lowest BCUT2D eigenvalue weighted by molar-refractivity contribution is -0.130. The molecule has 0 bridgehead atoms. The van der Waals surface area contributed by atoms with Gasteiger partial charge in [0.15, 0.2) is 0 Å². The molecule has 1 aromatic carbocycles. The largest absolute Gasteiger partial charge is 0.497 e. The molecule has 0 saturated carbocycles. The van der Waals surface area contributed by atoms with Gasteiger partial charge in [0.2, 0.25) is 5.91 Å². The zero-order chi connectivity index (χ0) is 16.1. The van der Waals surface area contributed by atoms with Gasteiger partial charge in [-0.1, -0.05) is 12.1 Å². The highest BCUT2D eigenvalue weighted by Crippen LogP contribution is 2.23. The summed E-state index contributed by atoms with van der Waals surface area (Å²) in [5, 5.41) is 9.32. The first-order valence-corrected chi connectivity index (χ1v) is 7.79. The minimum atomic E-state index is 0.0268. The molecule has 4 heteroatoms. The van der Waals surface area contributed by atoms with Crippen molar-refractivity contribution in [2.75, 3.05) is 20.3 Å². The summed E-state index contributed by atoms with van der Waals surface area (Å²) >= 11 is 0. The smallest absolute Gasteiger partial charge is 0.247 e. The molecule has 0 spiro atoms. The predicted octanol–water partition coefficient (Wildman–Crippen LogP) is 2.72. The Labute approximate surface area is 132 Å². The second-order valence-corrected chi connectivity index (χ2v) is 6.02. The minimum absolute atomic E-state index is 0.0268. The summed E-state index contributed by atoms with van der Waals surface area (Å²) in [6.07, 6.45) is 3.63. The molecular weight excluding hydrogens is 278 g/mol. The van der Waals surface area contributed by atoms with Crippen LogP contribution in [-0.2, 0) is 4.79 Å². The first-order valence-electron chi connectivity index (χ1n) is 7.79. The number of ether oxygens (including phenoxy) is 1. The number of aliphatic hydroxyl groups is 1. The maximum absolute atomic E-state index is 12.5. The number of carbonyl (C=O) groups is 1. The van der Waals surface area contributed by atoms with Gasteiger partial charge in [-0.05, 0) is 55.9 Å². The molecule has 1 aliphatic heterocycles. The Morgan fingerprint density at radius 1 is 1.36 bits per heavy atom. The Balaban J connectivity index is 2.10. The van der Waals surface area contributed by atoms with E-state index in [1.165, 1.54) is 0 Å². The van der Waals surface area contributed by atoms with Crippen LogP contribution >= 0.6 is 0 Å². The van der Waals surface area contributed by atoms with E-state index >= 15 is 0 Å². The van der Waals surface area contributed by atoms with Crippen LogP contribution in [0.25, 0.3) is 5.57 Å². The van der Waals surface area contributed by atoms with E-state index in [1.54, 1.807) is 13.2 Å². The molecule has 1 heterocycles. The lowest BCUT2D eigenvalue weighted by atomic mass is 9.94. The van der Waals surface area contributed by atoms with Crippen LogP contribution < -0.4 is 4.74 Å². The van der Waals surface area contributed by atoms with Gasteiger partial charge in [0.05, 0.1) is 7.11 Å². The number of likely N-dealkylation sites (tertiary alicyclic amines) is 1. The summed E-state index contributed by atoms with van der Waals surface area (Å²) in [5.41, 5.74) is 1.95. The van der Waals surface area contributed by atoms with Gasteiger partial charge in [-0.15, -0.1) is 0 Å². The zero-order valence-electron chi connectivity index (χ0n) is 13.6. The van der Waals surface area contributed by atoms with E-state index in [1.807, 2.05) is 36.1 Å². The molecule has 1 saturated heterocycles. The fourth-order valence-electron chi connectivity index (χ4n) is 2.84. The van der Waals surface area contributed by atoms with E-state index in [9.17, 15) is 9.90 Å². The lowest BCUT2D eigenvalue weighted by Crippen LogP contribution is -2.45. The number of amides is 1. The van der Waals surface area contributed by atoms with E-state index in [0.29, 0.717) is 6.54 Å². The molecule has 1 amide bonds. The average Bonchev–Trinajstić information content (AvgIpc) is 2.55. The van der Waals surface area contributed by atoms with Crippen LogP contribution in [0.3, 0.4) is 0 Å². The number of allylic oxidation sites excluding steroid dienone is 1. The van der Waals surface area contributed by atoms with E-state index in [2.05, 4.69) is 6.92 Å². The van der Waals surface area contributed by atoms with Gasteiger partial charge < -0.3 is 14.7 Å². The monoisotopic (exact) mass is 303 g/mol. The van der Waals surface area contributed by atoms with Crippen molar-refractivity contribution in [3.8, 4) is 5.75 Å². The molecule has 0 radical (unpaired) electrons. The molecule has 0 aromatic heterocycles. The maximum atomic E-state index is 12.5. The van der Waals surface area contributed by atoms with Gasteiger partial charge in [0, 0.05) is 25.3 Å². The third-order valence-electron chi connectivity index (χ3n) is 4.41. The molecule has 2 unspecified atom stereocenters. The van der Waals surface area contributed by atoms with E-state index in [-0.39, 0.29) is 24.5 Å². The van der Waals surface area contributed by atoms with E-state index in [4.69, 9.17) is 4.74 Å². The molecule has 1 fully saturated rings. The number of methoxy groups -OCH3 is 1. The van der Waals surface area contributed by atoms with Crippen LogP contribution in [0.1, 0.15) is 32.3 Å². The number of carbonyl (C=O) groups excluding carboxylic acids is 1. The number of rotatable bonds is 4. The molecule has 22 heavy (non-hydrogen) atoms. The second-order valence-electron chi connectivity index (χ2n) is 6.02. The van der Waals surface area contributed by atoms with Crippen molar-refractivity contribution in [3.05, 3.63) is 35.9 Å². The Bertz CT molecular complexity index is 536. The van der Waals surface area contributed by atoms with Gasteiger partial charge in [-0.3, -0.25) is 4.79 Å². The van der Waals surface area contributed by atoms with Crippen molar-refractivity contribution in [2.24, 2.45) is 5.92 Å². The van der Waals surface area contributed by atoms with Crippen LogP contribution in [0.5, 0.6) is 5.75 Å². The van der Waals surface area contributed by atoms with Crippen molar-refractivity contribution in [2.45, 2.75) is 32.7 Å². The molecule has 2 rings (SSSR count). The Hall–Kier alpha value is -1.81. The van der Waals surface area contributed by atoms with Crippen molar-refractivity contribution in [1.82, 2.24) is 4.90 Å². The summed E-state index contributed by atoms with van der Waals surface area (Å²) in [6, 6.07) is 7.92. The quantitative estimate of drug-likeness (QED) is 0.870. The van der Waals surface area contributed by atoms with Crippen molar-refractivity contribution in [3.63, 3.8) is 0 Å². The number of nitrogens with zero attached hydrogens (tertiary/aromatic N) is 1. The van der Waals surface area contributed by atoms with Gasteiger partial charge in [0.1, 0.15) is 5.75 Å². The summed E-state index contributed by atoms with van der Waals surface area (Å²) in [5.74, 6) is 1.03. The Kier molecular flexibility index (Phi) is 5.61. The van der Waals surface area contributed by atoms with Crippen molar-refractivity contribution >= 4 is 11.5 Å². The van der Waals surface area contributed by atoms with Gasteiger partial charge >= 0.3 is 0 Å². The summed E-state index contributed by atoms with van der Waals surface area (Å²) < 4.78 is 5.15. The molecular formula is C18H25NO3. The van der Waals surface area contributed by atoms with Crippen LogP contribution in [0.2, 0.25) is 0 Å². The highest BCUT2D eigenvalue weighted by Gasteiger charge is 2.27. The molecule has 1 N–H and O–H groups in total. The van der Waals surface area contributed by atoms with E-state index in [0.717, 1.165) is 29.7 Å². The number of aliphatic hydroxyl groups excluding tert-OH is 1. The topological polar surface area (TPSA) is 49.8 Å². The van der Waals surface area contributed by atoms with Crippen LogP contribution in [-0.4, -0.2) is 42.2 Å². The fraction of sp³-hybridized carbons (Fsp3) is 0.500. The van der Waals surface area contributed by atoms with Gasteiger partial charge in [-0.2, -0.15) is 0 Å². The predicted molar refractivity (Wildman–Crippen MR) is 87.6 cm³/mol. The summed E-state index contributed by atoms with van der Waals surface area (Å²) in [7, 11) is 1.64. The number of benzene rings is 1. The highest BCUT2D eigenvalue weighted by atomic mass is 16.5. The standard InChI is InChI=1S/C18H25NO3/c1-13(16-6-8-17(22-3)9-7-16)10-18(21)19-11-15(12-20)5-4-14(19)2/h6-10,14-15,20H,4-5,11-12H2,1-3H3/b13-10+. The molecule has 120 valence electrons.